The maximum atomic E-state index is 13.4. The van der Waals surface area contributed by atoms with E-state index in [1.807, 2.05) is 0 Å². The number of carbonyl (C=O) groups excluding carboxylic acids is 1. The normalized spacial score (nSPS) is 11.1. The number of rotatable bonds is 10. The molecule has 0 spiro atoms. The van der Waals surface area contributed by atoms with E-state index < -0.39 is 10.0 Å². The van der Waals surface area contributed by atoms with Crippen LogP contribution >= 0.6 is 0 Å². The first-order valence-electron chi connectivity index (χ1n) is 11.0. The van der Waals surface area contributed by atoms with Crippen LogP contribution in [0.25, 0.3) is 0 Å². The molecule has 0 saturated heterocycles. The maximum Gasteiger partial charge on any atom is 0.264 e. The molecule has 3 aromatic rings. The molecule has 7 heteroatoms. The van der Waals surface area contributed by atoms with E-state index in [1.54, 1.807) is 42.5 Å². The molecule has 0 aromatic heterocycles. The van der Waals surface area contributed by atoms with Gasteiger partial charge in [-0.2, -0.15) is 0 Å². The number of hydrogen-bond acceptors (Lipinski definition) is 4. The van der Waals surface area contributed by atoms with Crippen molar-refractivity contribution in [3.8, 4) is 5.75 Å². The van der Waals surface area contributed by atoms with E-state index in [1.165, 1.54) is 24.8 Å². The largest absolute Gasteiger partial charge is 0.497 e. The van der Waals surface area contributed by atoms with Crippen LogP contribution < -0.4 is 14.4 Å². The minimum absolute atomic E-state index is 0.115. The Morgan fingerprint density at radius 3 is 2.33 bits per heavy atom. The number of benzene rings is 3. The lowest BCUT2D eigenvalue weighted by molar-refractivity contribution is -0.119. The molecule has 0 aliphatic heterocycles. The third-order valence-corrected chi connectivity index (χ3v) is 7.28. The Bertz CT molecular complexity index is 1190. The summed E-state index contributed by atoms with van der Waals surface area (Å²) in [6, 6.07) is 21.1. The number of anilines is 1. The second-order valence-corrected chi connectivity index (χ2v) is 9.48. The van der Waals surface area contributed by atoms with Gasteiger partial charge in [-0.25, -0.2) is 8.42 Å². The smallest absolute Gasteiger partial charge is 0.264 e. The van der Waals surface area contributed by atoms with E-state index in [-0.39, 0.29) is 17.3 Å². The van der Waals surface area contributed by atoms with E-state index in [0.29, 0.717) is 18.0 Å². The van der Waals surface area contributed by atoms with Gasteiger partial charge in [-0.1, -0.05) is 56.3 Å². The van der Waals surface area contributed by atoms with Crippen molar-refractivity contribution in [1.82, 2.24) is 5.32 Å². The molecular formula is C26H30N2O4S. The van der Waals surface area contributed by atoms with E-state index in [0.717, 1.165) is 28.3 Å². The summed E-state index contributed by atoms with van der Waals surface area (Å²) in [5, 5.41) is 2.90. The van der Waals surface area contributed by atoms with Crippen LogP contribution in [-0.2, 0) is 34.2 Å². The lowest BCUT2D eigenvalue weighted by Crippen LogP contribution is -2.40. The maximum absolute atomic E-state index is 13.4. The summed E-state index contributed by atoms with van der Waals surface area (Å²) < 4.78 is 33.2. The number of carbonyl (C=O) groups is 1. The van der Waals surface area contributed by atoms with Gasteiger partial charge in [0.2, 0.25) is 5.91 Å². The molecule has 0 atom stereocenters. The minimum Gasteiger partial charge on any atom is -0.497 e. The highest BCUT2D eigenvalue weighted by Crippen LogP contribution is 2.26. The Morgan fingerprint density at radius 1 is 0.909 bits per heavy atom. The van der Waals surface area contributed by atoms with E-state index in [2.05, 4.69) is 37.4 Å². The SMILES string of the molecule is CCc1ccc(CC)c(CNC(=O)CN(c2cccc(OC)c2)S(=O)(=O)c2ccccc2)c1. The Kier molecular flexibility index (Phi) is 8.11. The molecule has 0 heterocycles. The van der Waals surface area contributed by atoms with Gasteiger partial charge in [-0.3, -0.25) is 9.10 Å². The molecule has 3 aromatic carbocycles. The van der Waals surface area contributed by atoms with Gasteiger partial charge in [0.05, 0.1) is 17.7 Å². The molecule has 0 aliphatic carbocycles. The lowest BCUT2D eigenvalue weighted by Gasteiger charge is -2.24. The molecule has 0 saturated carbocycles. The number of methoxy groups -OCH3 is 1. The summed E-state index contributed by atoms with van der Waals surface area (Å²) in [4.78, 5) is 13.1. The van der Waals surface area contributed by atoms with Gasteiger partial charge < -0.3 is 10.1 Å². The highest BCUT2D eigenvalue weighted by atomic mass is 32.2. The average molecular weight is 467 g/mol. The molecule has 0 aliphatic rings. The number of nitrogens with one attached hydrogen (secondary N) is 1. The van der Waals surface area contributed by atoms with E-state index in [4.69, 9.17) is 4.74 Å². The van der Waals surface area contributed by atoms with Crippen molar-refractivity contribution in [2.45, 2.75) is 38.1 Å². The van der Waals surface area contributed by atoms with Crippen LogP contribution in [0.2, 0.25) is 0 Å². The van der Waals surface area contributed by atoms with Gasteiger partial charge >= 0.3 is 0 Å². The van der Waals surface area contributed by atoms with Crippen molar-refractivity contribution in [3.05, 3.63) is 89.5 Å². The van der Waals surface area contributed by atoms with Gasteiger partial charge in [0.1, 0.15) is 12.3 Å². The topological polar surface area (TPSA) is 75.7 Å². The number of ether oxygens (including phenoxy) is 1. The summed E-state index contributed by atoms with van der Waals surface area (Å²) in [7, 11) is -2.45. The monoisotopic (exact) mass is 466 g/mol. The Morgan fingerprint density at radius 2 is 1.67 bits per heavy atom. The van der Waals surface area contributed by atoms with E-state index >= 15 is 0 Å². The van der Waals surface area contributed by atoms with Crippen molar-refractivity contribution in [2.24, 2.45) is 0 Å². The molecule has 1 N–H and O–H groups in total. The van der Waals surface area contributed by atoms with Crippen molar-refractivity contribution >= 4 is 21.6 Å². The van der Waals surface area contributed by atoms with E-state index in [9.17, 15) is 13.2 Å². The summed E-state index contributed by atoms with van der Waals surface area (Å²) in [5.74, 6) is 0.117. The average Bonchev–Trinajstić information content (AvgIpc) is 2.86. The quantitative estimate of drug-likeness (QED) is 0.483. The summed E-state index contributed by atoms with van der Waals surface area (Å²) in [6.45, 7) is 4.15. The molecule has 1 amide bonds. The first kappa shape index (κ1) is 24.3. The molecule has 33 heavy (non-hydrogen) atoms. The van der Waals surface area contributed by atoms with Crippen molar-refractivity contribution in [1.29, 1.82) is 0 Å². The van der Waals surface area contributed by atoms with Crippen LogP contribution in [0.15, 0.2) is 77.7 Å². The standard InChI is InChI=1S/C26H30N2O4S/c1-4-20-14-15-21(5-2)22(16-20)18-27-26(29)19-28(23-10-9-11-24(17-23)32-3)33(30,31)25-12-7-6-8-13-25/h6-17H,4-5,18-19H2,1-3H3,(H,27,29). The van der Waals surface area contributed by atoms with Crippen LogP contribution in [0.5, 0.6) is 5.75 Å². The molecule has 174 valence electrons. The molecule has 6 nitrogen and oxygen atoms in total. The Balaban J connectivity index is 1.87. The fraction of sp³-hybridized carbons (Fsp3) is 0.269. The second kappa shape index (κ2) is 11.0. The van der Waals surface area contributed by atoms with Crippen LogP contribution in [0.1, 0.15) is 30.5 Å². The zero-order valence-corrected chi connectivity index (χ0v) is 20.1. The summed E-state index contributed by atoms with van der Waals surface area (Å²) >= 11 is 0. The molecule has 0 bridgehead atoms. The molecule has 0 radical (unpaired) electrons. The van der Waals surface area contributed by atoms with Gasteiger partial charge in [-0.05, 0) is 53.8 Å². The second-order valence-electron chi connectivity index (χ2n) is 7.61. The highest BCUT2D eigenvalue weighted by Gasteiger charge is 2.27. The third-order valence-electron chi connectivity index (χ3n) is 5.50. The predicted octanol–water partition coefficient (Wildman–Crippen LogP) is 4.33. The zero-order valence-electron chi connectivity index (χ0n) is 19.2. The van der Waals surface area contributed by atoms with Crippen molar-refractivity contribution in [2.75, 3.05) is 18.0 Å². The summed E-state index contributed by atoms with van der Waals surface area (Å²) in [6.07, 6.45) is 1.76. The molecule has 0 fully saturated rings. The fourth-order valence-electron chi connectivity index (χ4n) is 3.59. The van der Waals surface area contributed by atoms with Crippen LogP contribution in [0.4, 0.5) is 5.69 Å². The van der Waals surface area contributed by atoms with Crippen molar-refractivity contribution in [3.63, 3.8) is 0 Å². The number of nitrogens with zero attached hydrogens (tertiary/aromatic N) is 1. The Labute approximate surface area is 196 Å². The number of sulfonamides is 1. The van der Waals surface area contributed by atoms with Gasteiger partial charge in [0, 0.05) is 12.6 Å². The highest BCUT2D eigenvalue weighted by molar-refractivity contribution is 7.92. The molecule has 0 unspecified atom stereocenters. The first-order valence-corrected chi connectivity index (χ1v) is 12.4. The predicted molar refractivity (Wildman–Crippen MR) is 131 cm³/mol. The molecule has 3 rings (SSSR count). The summed E-state index contributed by atoms with van der Waals surface area (Å²) in [5.41, 5.74) is 3.76. The van der Waals surface area contributed by atoms with Crippen LogP contribution in [0, 0.1) is 0 Å². The first-order chi connectivity index (χ1) is 15.9. The lowest BCUT2D eigenvalue weighted by atomic mass is 10.0. The molecular weight excluding hydrogens is 436 g/mol. The van der Waals surface area contributed by atoms with Gasteiger partial charge in [0.15, 0.2) is 0 Å². The number of hydrogen-bond donors (Lipinski definition) is 1. The third kappa shape index (κ3) is 5.93. The minimum atomic E-state index is -3.96. The van der Waals surface area contributed by atoms with Crippen molar-refractivity contribution < 1.29 is 17.9 Å². The zero-order chi connectivity index (χ0) is 23.8. The fourth-order valence-corrected chi connectivity index (χ4v) is 5.02. The van der Waals surface area contributed by atoms with Gasteiger partial charge in [-0.15, -0.1) is 0 Å². The number of aryl methyl sites for hydroxylation is 2. The van der Waals surface area contributed by atoms with Gasteiger partial charge in [0.25, 0.3) is 10.0 Å². The van der Waals surface area contributed by atoms with Crippen LogP contribution in [-0.4, -0.2) is 28.0 Å². The Hall–Kier alpha value is -3.32. The van der Waals surface area contributed by atoms with Crippen LogP contribution in [0.3, 0.4) is 0 Å². The number of amides is 1.